The number of nitrogens with one attached hydrogen (secondary N) is 2. The van der Waals surface area contributed by atoms with Crippen LogP contribution in [0, 0.1) is 5.82 Å². The summed E-state index contributed by atoms with van der Waals surface area (Å²) in [5.41, 5.74) is 1.72. The number of hydrogen-bond donors (Lipinski definition) is 3. The Kier molecular flexibility index (Phi) is 6.10. The average Bonchev–Trinajstić information content (AvgIpc) is 2.66. The third-order valence-corrected chi connectivity index (χ3v) is 4.76. The van der Waals surface area contributed by atoms with Crippen molar-refractivity contribution in [2.75, 3.05) is 10.6 Å². The summed E-state index contributed by atoms with van der Waals surface area (Å²) in [5.74, 6) is 0.0238. The molecule has 0 saturated heterocycles. The van der Waals surface area contributed by atoms with Gasteiger partial charge in [0.05, 0.1) is 4.90 Å². The minimum absolute atomic E-state index is 0.0468. The summed E-state index contributed by atoms with van der Waals surface area (Å²) in [6.45, 7) is 0.204. The largest absolute Gasteiger partial charge is 0.489 e. The van der Waals surface area contributed by atoms with Crippen LogP contribution < -0.4 is 20.5 Å². The lowest BCUT2D eigenvalue weighted by atomic mass is 10.2. The van der Waals surface area contributed by atoms with E-state index < -0.39 is 16.1 Å². The van der Waals surface area contributed by atoms with Crippen LogP contribution in [0.4, 0.5) is 20.6 Å². The SMILES string of the molecule is NS(=O)(=O)c1ccc(NC(=O)Nc2cccc(COc3cccc(F)c3)c2)cc1. The average molecular weight is 415 g/mol. The molecule has 0 atom stereocenters. The molecule has 4 N–H and O–H groups in total. The third kappa shape index (κ3) is 6.03. The molecule has 2 amide bonds. The molecule has 0 aliphatic rings. The molecule has 7 nitrogen and oxygen atoms in total. The lowest BCUT2D eigenvalue weighted by Crippen LogP contribution is -2.19. The third-order valence-electron chi connectivity index (χ3n) is 3.83. The fourth-order valence-corrected chi connectivity index (χ4v) is 3.00. The minimum atomic E-state index is -3.79. The van der Waals surface area contributed by atoms with E-state index in [1.807, 2.05) is 6.07 Å². The van der Waals surface area contributed by atoms with Crippen molar-refractivity contribution in [1.29, 1.82) is 0 Å². The Morgan fingerprint density at radius 1 is 0.931 bits per heavy atom. The number of rotatable bonds is 6. The summed E-state index contributed by atoms with van der Waals surface area (Å²) >= 11 is 0. The van der Waals surface area contributed by atoms with Gasteiger partial charge in [-0.3, -0.25) is 0 Å². The number of carbonyl (C=O) groups excluding carboxylic acids is 1. The van der Waals surface area contributed by atoms with Gasteiger partial charge in [0.1, 0.15) is 18.2 Å². The summed E-state index contributed by atoms with van der Waals surface area (Å²) in [6.07, 6.45) is 0. The highest BCUT2D eigenvalue weighted by Gasteiger charge is 2.08. The number of primary sulfonamides is 1. The second-order valence-electron chi connectivity index (χ2n) is 6.09. The minimum Gasteiger partial charge on any atom is -0.489 e. The molecule has 3 aromatic rings. The van der Waals surface area contributed by atoms with E-state index in [-0.39, 0.29) is 17.3 Å². The number of benzene rings is 3. The van der Waals surface area contributed by atoms with E-state index in [9.17, 15) is 17.6 Å². The molecule has 3 rings (SSSR count). The van der Waals surface area contributed by atoms with E-state index in [4.69, 9.17) is 9.88 Å². The van der Waals surface area contributed by atoms with Gasteiger partial charge >= 0.3 is 6.03 Å². The Hall–Kier alpha value is -3.43. The van der Waals surface area contributed by atoms with Gasteiger partial charge in [0, 0.05) is 17.4 Å². The van der Waals surface area contributed by atoms with Crippen molar-refractivity contribution < 1.29 is 22.3 Å². The number of urea groups is 1. The summed E-state index contributed by atoms with van der Waals surface area (Å²) in [5, 5.41) is 10.3. The molecule has 0 aliphatic carbocycles. The first-order valence-corrected chi connectivity index (χ1v) is 10.0. The first kappa shape index (κ1) is 20.3. The quantitative estimate of drug-likeness (QED) is 0.570. The van der Waals surface area contributed by atoms with E-state index in [1.165, 1.54) is 36.4 Å². The highest BCUT2D eigenvalue weighted by molar-refractivity contribution is 7.89. The van der Waals surface area contributed by atoms with Gasteiger partial charge in [-0.25, -0.2) is 22.7 Å². The van der Waals surface area contributed by atoms with Crippen LogP contribution in [0.25, 0.3) is 0 Å². The lowest BCUT2D eigenvalue weighted by Gasteiger charge is -2.10. The second kappa shape index (κ2) is 8.72. The summed E-state index contributed by atoms with van der Waals surface area (Å²) in [7, 11) is -3.79. The number of sulfonamides is 1. The van der Waals surface area contributed by atoms with Crippen LogP contribution in [0.1, 0.15) is 5.56 Å². The molecule has 150 valence electrons. The molecule has 0 aliphatic heterocycles. The molecule has 0 spiro atoms. The summed E-state index contributed by atoms with van der Waals surface area (Å²) in [4.78, 5) is 12.1. The molecule has 0 radical (unpaired) electrons. The van der Waals surface area contributed by atoms with E-state index >= 15 is 0 Å². The monoisotopic (exact) mass is 415 g/mol. The van der Waals surface area contributed by atoms with Crippen LogP contribution in [-0.2, 0) is 16.6 Å². The van der Waals surface area contributed by atoms with Crippen molar-refractivity contribution in [3.05, 3.63) is 84.2 Å². The smallest absolute Gasteiger partial charge is 0.323 e. The Morgan fingerprint density at radius 2 is 1.62 bits per heavy atom. The predicted molar refractivity (Wildman–Crippen MR) is 108 cm³/mol. The van der Waals surface area contributed by atoms with Crippen LogP contribution in [0.15, 0.2) is 77.7 Å². The van der Waals surface area contributed by atoms with Crippen LogP contribution in [-0.4, -0.2) is 14.4 Å². The van der Waals surface area contributed by atoms with Crippen molar-refractivity contribution in [3.8, 4) is 5.75 Å². The number of ether oxygens (including phenoxy) is 1. The van der Waals surface area contributed by atoms with Gasteiger partial charge in [-0.2, -0.15) is 0 Å². The van der Waals surface area contributed by atoms with Crippen LogP contribution in [0.2, 0.25) is 0 Å². The van der Waals surface area contributed by atoms with Crippen molar-refractivity contribution in [2.24, 2.45) is 5.14 Å². The van der Waals surface area contributed by atoms with Crippen LogP contribution >= 0.6 is 0 Å². The zero-order valence-electron chi connectivity index (χ0n) is 15.1. The van der Waals surface area contributed by atoms with Gasteiger partial charge in [-0.1, -0.05) is 18.2 Å². The fraction of sp³-hybridized carbons (Fsp3) is 0.0500. The Bertz CT molecular complexity index is 1120. The normalized spacial score (nSPS) is 11.0. The highest BCUT2D eigenvalue weighted by Crippen LogP contribution is 2.17. The number of carbonyl (C=O) groups is 1. The van der Waals surface area contributed by atoms with Gasteiger partial charge in [0.25, 0.3) is 0 Å². The second-order valence-corrected chi connectivity index (χ2v) is 7.66. The van der Waals surface area contributed by atoms with Crippen molar-refractivity contribution in [3.63, 3.8) is 0 Å². The number of anilines is 2. The number of hydrogen-bond acceptors (Lipinski definition) is 4. The molecule has 0 unspecified atom stereocenters. The first-order chi connectivity index (χ1) is 13.8. The van der Waals surface area contributed by atoms with Gasteiger partial charge < -0.3 is 15.4 Å². The molecule has 0 aromatic heterocycles. The topological polar surface area (TPSA) is 111 Å². The van der Waals surface area contributed by atoms with Crippen molar-refractivity contribution >= 4 is 27.4 Å². The van der Waals surface area contributed by atoms with Crippen molar-refractivity contribution in [1.82, 2.24) is 0 Å². The molecule has 0 bridgehead atoms. The number of halogens is 1. The maximum atomic E-state index is 13.2. The van der Waals surface area contributed by atoms with Gasteiger partial charge in [-0.15, -0.1) is 0 Å². The molecular weight excluding hydrogens is 397 g/mol. The maximum Gasteiger partial charge on any atom is 0.323 e. The van der Waals surface area contributed by atoms with Crippen LogP contribution in [0.5, 0.6) is 5.75 Å². The zero-order valence-corrected chi connectivity index (χ0v) is 15.9. The zero-order chi connectivity index (χ0) is 20.9. The summed E-state index contributed by atoms with van der Waals surface area (Å²) in [6, 6.07) is 17.8. The van der Waals surface area contributed by atoms with Gasteiger partial charge in [0.2, 0.25) is 10.0 Å². The molecular formula is C20H18FN3O4S. The molecule has 29 heavy (non-hydrogen) atoms. The molecule has 9 heteroatoms. The van der Waals surface area contributed by atoms with E-state index in [0.717, 1.165) is 5.56 Å². The Balaban J connectivity index is 1.58. The summed E-state index contributed by atoms with van der Waals surface area (Å²) < 4.78 is 41.2. The number of nitrogens with two attached hydrogens (primary N) is 1. The standard InChI is InChI=1S/C20H18FN3O4S/c21-15-4-2-6-18(12-15)28-13-14-3-1-5-17(11-14)24-20(25)23-16-7-9-19(10-8-16)29(22,26)27/h1-12H,13H2,(H2,22,26,27)(H2,23,24,25). The van der Waals surface area contributed by atoms with E-state index in [1.54, 1.807) is 30.3 Å². The van der Waals surface area contributed by atoms with Gasteiger partial charge in [0.15, 0.2) is 0 Å². The Labute approximate surface area is 167 Å². The lowest BCUT2D eigenvalue weighted by molar-refractivity contribution is 0.262. The fourth-order valence-electron chi connectivity index (χ4n) is 2.48. The van der Waals surface area contributed by atoms with Crippen molar-refractivity contribution in [2.45, 2.75) is 11.5 Å². The molecule has 0 heterocycles. The van der Waals surface area contributed by atoms with E-state index in [0.29, 0.717) is 17.1 Å². The predicted octanol–water partition coefficient (Wildman–Crippen LogP) is 3.70. The maximum absolute atomic E-state index is 13.2. The number of amides is 2. The molecule has 0 saturated carbocycles. The van der Waals surface area contributed by atoms with Gasteiger partial charge in [-0.05, 0) is 54.1 Å². The van der Waals surface area contributed by atoms with Crippen LogP contribution in [0.3, 0.4) is 0 Å². The Morgan fingerprint density at radius 3 is 2.31 bits per heavy atom. The molecule has 0 fully saturated rings. The molecule has 3 aromatic carbocycles. The van der Waals surface area contributed by atoms with E-state index in [2.05, 4.69) is 10.6 Å². The highest BCUT2D eigenvalue weighted by atomic mass is 32.2. The first-order valence-electron chi connectivity index (χ1n) is 8.48.